The van der Waals surface area contributed by atoms with E-state index in [9.17, 15) is 18.3 Å². The molecule has 2 aromatic rings. The third-order valence-electron chi connectivity index (χ3n) is 5.25. The molecule has 8 heteroatoms. The Morgan fingerprint density at radius 3 is 2.41 bits per heavy atom. The average Bonchev–Trinajstić information content (AvgIpc) is 2.71. The van der Waals surface area contributed by atoms with Gasteiger partial charge in [0, 0.05) is 5.69 Å². The number of carbonyl (C=O) groups is 1. The van der Waals surface area contributed by atoms with Gasteiger partial charge in [-0.3, -0.25) is 0 Å². The molecule has 0 atom stereocenters. The summed E-state index contributed by atoms with van der Waals surface area (Å²) in [6.45, 7) is 1.98. The average molecular weight is 437 g/mol. The molecule has 6 nitrogen and oxygen atoms in total. The minimum absolute atomic E-state index is 0.00439. The molecule has 1 aliphatic rings. The van der Waals surface area contributed by atoms with Gasteiger partial charge in [0.15, 0.2) is 15.6 Å². The van der Waals surface area contributed by atoms with Crippen molar-refractivity contribution >= 4 is 38.8 Å². The number of carbonyl (C=O) groups excluding carboxylic acids is 1. The molecule has 0 bridgehead atoms. The number of urea groups is 1. The van der Waals surface area contributed by atoms with E-state index in [1.807, 2.05) is 25.1 Å². The smallest absolute Gasteiger partial charge is 0.323 e. The highest BCUT2D eigenvalue weighted by molar-refractivity contribution is 7.92. The number of hydrogen-bond acceptors (Lipinski definition) is 4. The monoisotopic (exact) mass is 436 g/mol. The summed E-state index contributed by atoms with van der Waals surface area (Å²) in [7, 11) is -3.80. The van der Waals surface area contributed by atoms with Crippen molar-refractivity contribution in [3.63, 3.8) is 0 Å². The molecule has 156 valence electrons. The zero-order valence-corrected chi connectivity index (χ0v) is 17.8. The highest BCUT2D eigenvalue weighted by Crippen LogP contribution is 2.41. The van der Waals surface area contributed by atoms with Gasteiger partial charge in [-0.25, -0.2) is 13.2 Å². The summed E-state index contributed by atoms with van der Waals surface area (Å²) in [5, 5.41) is 15.3. The van der Waals surface area contributed by atoms with Crippen molar-refractivity contribution in [1.29, 1.82) is 0 Å². The first kappa shape index (κ1) is 21.5. The molecule has 0 saturated heterocycles. The molecule has 2 amide bonds. The number of benzene rings is 2. The molecule has 1 aliphatic carbocycles. The number of nitrogens with one attached hydrogen (secondary N) is 2. The van der Waals surface area contributed by atoms with E-state index in [0.717, 1.165) is 31.2 Å². The summed E-state index contributed by atoms with van der Waals surface area (Å²) in [5.41, 5.74) is 1.61. The second-order valence-corrected chi connectivity index (χ2v) is 9.74. The van der Waals surface area contributed by atoms with Gasteiger partial charge < -0.3 is 15.7 Å². The minimum Gasteiger partial charge on any atom is -0.504 e. The first-order valence-electron chi connectivity index (χ1n) is 9.76. The Morgan fingerprint density at radius 2 is 1.72 bits per heavy atom. The van der Waals surface area contributed by atoms with E-state index >= 15 is 0 Å². The second kappa shape index (κ2) is 9.05. The number of amides is 2. The predicted molar refractivity (Wildman–Crippen MR) is 116 cm³/mol. The lowest BCUT2D eigenvalue weighted by Crippen LogP contribution is -2.25. The Labute approximate surface area is 176 Å². The van der Waals surface area contributed by atoms with Crippen LogP contribution >= 0.6 is 11.6 Å². The maximum absolute atomic E-state index is 13.1. The van der Waals surface area contributed by atoms with E-state index < -0.39 is 26.9 Å². The maximum atomic E-state index is 13.1. The first-order chi connectivity index (χ1) is 13.8. The van der Waals surface area contributed by atoms with Crippen LogP contribution in [0.15, 0.2) is 41.3 Å². The molecule has 2 aromatic carbocycles. The summed E-state index contributed by atoms with van der Waals surface area (Å²) in [4.78, 5) is 12.1. The lowest BCUT2D eigenvalue weighted by molar-refractivity contribution is 0.262. The number of aromatic hydroxyl groups is 1. The molecule has 0 aliphatic heterocycles. The van der Waals surface area contributed by atoms with E-state index in [1.165, 1.54) is 12.1 Å². The summed E-state index contributed by atoms with van der Waals surface area (Å²) in [6.07, 6.45) is 4.51. The van der Waals surface area contributed by atoms with Crippen LogP contribution in [0.5, 0.6) is 5.75 Å². The van der Waals surface area contributed by atoms with Crippen LogP contribution < -0.4 is 10.6 Å². The molecule has 0 unspecified atom stereocenters. The normalized spacial score (nSPS) is 15.1. The van der Waals surface area contributed by atoms with Crippen molar-refractivity contribution in [2.45, 2.75) is 55.6 Å². The van der Waals surface area contributed by atoms with Crippen molar-refractivity contribution in [3.8, 4) is 5.75 Å². The van der Waals surface area contributed by atoms with E-state index in [1.54, 1.807) is 6.07 Å². The molecule has 3 N–H and O–H groups in total. The number of sulfone groups is 1. The molecule has 3 rings (SSSR count). The van der Waals surface area contributed by atoms with Crippen molar-refractivity contribution in [2.75, 3.05) is 10.6 Å². The highest BCUT2D eigenvalue weighted by atomic mass is 35.5. The Hall–Kier alpha value is -2.25. The summed E-state index contributed by atoms with van der Waals surface area (Å²) >= 11 is 6.14. The molecule has 0 spiro atoms. The third-order valence-corrected chi connectivity index (χ3v) is 8.01. The fourth-order valence-corrected chi connectivity index (χ4v) is 6.17. The zero-order chi connectivity index (χ0) is 21.0. The van der Waals surface area contributed by atoms with Gasteiger partial charge in [-0.2, -0.15) is 0 Å². The fourth-order valence-electron chi connectivity index (χ4n) is 3.69. The van der Waals surface area contributed by atoms with E-state index in [2.05, 4.69) is 10.6 Å². The van der Waals surface area contributed by atoms with E-state index in [4.69, 9.17) is 11.6 Å². The topological polar surface area (TPSA) is 95.5 Å². The number of phenols is 1. The first-order valence-corrected chi connectivity index (χ1v) is 11.7. The van der Waals surface area contributed by atoms with Crippen LogP contribution in [0.2, 0.25) is 5.02 Å². The Bertz CT molecular complexity index is 1000. The minimum atomic E-state index is -3.80. The molecule has 0 radical (unpaired) electrons. The van der Waals surface area contributed by atoms with Gasteiger partial charge in [0.25, 0.3) is 0 Å². The molecule has 1 fully saturated rings. The molecule has 0 aromatic heterocycles. The maximum Gasteiger partial charge on any atom is 0.323 e. The van der Waals surface area contributed by atoms with Gasteiger partial charge in [0.2, 0.25) is 0 Å². The van der Waals surface area contributed by atoms with Crippen LogP contribution in [0.4, 0.5) is 16.2 Å². The van der Waals surface area contributed by atoms with Gasteiger partial charge in [0.1, 0.15) is 4.90 Å². The molecule has 29 heavy (non-hydrogen) atoms. The lowest BCUT2D eigenvalue weighted by Gasteiger charge is -2.23. The fraction of sp³-hybridized carbons (Fsp3) is 0.381. The standard InChI is InChI=1S/C21H25ClN2O4S/c1-2-14-8-6-7-11-17(14)23-21(26)24-18-13-12-16(22)20(19(18)25)29(27,28)15-9-4-3-5-10-15/h6-8,11-13,15,25H,2-5,9-10H2,1H3,(H2,23,24,26). The van der Waals surface area contributed by atoms with Crippen LogP contribution in [0.1, 0.15) is 44.6 Å². The summed E-state index contributed by atoms with van der Waals surface area (Å²) < 4.78 is 26.1. The van der Waals surface area contributed by atoms with Crippen LogP contribution in [0.25, 0.3) is 0 Å². The summed E-state index contributed by atoms with van der Waals surface area (Å²) in [5.74, 6) is -0.526. The molecular formula is C21H25ClN2O4S. The largest absolute Gasteiger partial charge is 0.504 e. The van der Waals surface area contributed by atoms with Crippen molar-refractivity contribution in [3.05, 3.63) is 47.0 Å². The number of rotatable bonds is 5. The van der Waals surface area contributed by atoms with Crippen LogP contribution in [0, 0.1) is 0 Å². The third kappa shape index (κ3) is 4.67. The van der Waals surface area contributed by atoms with E-state index in [0.29, 0.717) is 18.5 Å². The number of aryl methyl sites for hydroxylation is 1. The van der Waals surface area contributed by atoms with Gasteiger partial charge >= 0.3 is 6.03 Å². The number of hydrogen-bond donors (Lipinski definition) is 3. The molecular weight excluding hydrogens is 412 g/mol. The van der Waals surface area contributed by atoms with Crippen LogP contribution in [-0.4, -0.2) is 24.8 Å². The molecule has 1 saturated carbocycles. The summed E-state index contributed by atoms with van der Waals surface area (Å²) in [6, 6.07) is 9.57. The van der Waals surface area contributed by atoms with Crippen LogP contribution in [0.3, 0.4) is 0 Å². The van der Waals surface area contributed by atoms with Crippen molar-refractivity contribution in [1.82, 2.24) is 0 Å². The number of halogens is 1. The Morgan fingerprint density at radius 1 is 1.07 bits per heavy atom. The predicted octanol–water partition coefficient (Wildman–Crippen LogP) is 5.36. The van der Waals surface area contributed by atoms with Gasteiger partial charge in [0.05, 0.1) is 16.0 Å². The number of anilines is 2. The second-order valence-electron chi connectivity index (χ2n) is 7.17. The van der Waals surface area contributed by atoms with Crippen molar-refractivity contribution < 1.29 is 18.3 Å². The van der Waals surface area contributed by atoms with E-state index in [-0.39, 0.29) is 15.6 Å². The lowest BCUT2D eigenvalue weighted by atomic mass is 10.0. The van der Waals surface area contributed by atoms with Gasteiger partial charge in [-0.15, -0.1) is 0 Å². The number of phenolic OH excluding ortho intramolecular Hbond substituents is 1. The highest BCUT2D eigenvalue weighted by Gasteiger charge is 2.34. The van der Waals surface area contributed by atoms with Crippen molar-refractivity contribution in [2.24, 2.45) is 0 Å². The molecule has 0 heterocycles. The van der Waals surface area contributed by atoms with Gasteiger partial charge in [-0.05, 0) is 43.0 Å². The Balaban J connectivity index is 1.86. The van der Waals surface area contributed by atoms with Gasteiger partial charge in [-0.1, -0.05) is 56.0 Å². The SMILES string of the molecule is CCc1ccccc1NC(=O)Nc1ccc(Cl)c(S(=O)(=O)C2CCCCC2)c1O. The quantitative estimate of drug-likeness (QED) is 0.550. The van der Waals surface area contributed by atoms with Crippen LogP contribution in [-0.2, 0) is 16.3 Å². The zero-order valence-electron chi connectivity index (χ0n) is 16.2. The Kier molecular flexibility index (Phi) is 6.70. The number of para-hydroxylation sites is 1.